The smallest absolute Gasteiger partial charge is 0.459 e. The molecule has 1 amide bonds. The molecule has 2 aromatic rings. The molecular formula is C44H63NO13. The molecule has 0 aromatic heterocycles. The van der Waals surface area contributed by atoms with Crippen LogP contribution in [0, 0.1) is 23.7 Å². The molecule has 14 nitrogen and oxygen atoms in total. The Kier molecular flexibility index (Phi) is 14.9. The number of ether oxygens (including phenoxy) is 7. The summed E-state index contributed by atoms with van der Waals surface area (Å²) >= 11 is 0. The van der Waals surface area contributed by atoms with E-state index in [1.54, 1.807) is 20.9 Å². The third-order valence-electron chi connectivity index (χ3n) is 12.4. The quantitative estimate of drug-likeness (QED) is 0.184. The second-order valence-corrected chi connectivity index (χ2v) is 17.0. The summed E-state index contributed by atoms with van der Waals surface area (Å²) in [7, 11) is 1.56. The van der Waals surface area contributed by atoms with Gasteiger partial charge >= 0.3 is 18.2 Å². The van der Waals surface area contributed by atoms with E-state index in [1.807, 2.05) is 88.4 Å². The number of carbonyl (C=O) groups excluding carboxylic acids is 3. The maximum Gasteiger partial charge on any atom is 0.509 e. The van der Waals surface area contributed by atoms with E-state index in [9.17, 15) is 29.7 Å². The number of fused-ring (bicyclic) bond motifs is 2. The van der Waals surface area contributed by atoms with E-state index in [2.05, 4.69) is 0 Å². The predicted octanol–water partition coefficient (Wildman–Crippen LogP) is 5.77. The van der Waals surface area contributed by atoms with Gasteiger partial charge in [-0.15, -0.1) is 0 Å². The number of amides is 1. The monoisotopic (exact) mass is 813 g/mol. The minimum atomic E-state index is -1.83. The van der Waals surface area contributed by atoms with Crippen molar-refractivity contribution in [2.24, 2.45) is 23.7 Å². The number of rotatable bonds is 11. The van der Waals surface area contributed by atoms with Crippen LogP contribution in [0.2, 0.25) is 0 Å². The highest BCUT2D eigenvalue weighted by Gasteiger charge is 2.58. The van der Waals surface area contributed by atoms with Crippen molar-refractivity contribution in [3.8, 4) is 0 Å². The maximum atomic E-state index is 13.8. The zero-order chi connectivity index (χ0) is 42.5. The summed E-state index contributed by atoms with van der Waals surface area (Å²) in [4.78, 5) is 42.2. The minimum Gasteiger partial charge on any atom is -0.459 e. The molecule has 2 bridgehead atoms. The first-order valence-electron chi connectivity index (χ1n) is 20.5. The van der Waals surface area contributed by atoms with Crippen molar-refractivity contribution in [1.82, 2.24) is 4.90 Å². The molecular weight excluding hydrogens is 750 g/mol. The zero-order valence-electron chi connectivity index (χ0n) is 35.2. The van der Waals surface area contributed by atoms with Gasteiger partial charge < -0.3 is 53.4 Å². The van der Waals surface area contributed by atoms with E-state index in [-0.39, 0.29) is 32.0 Å². The van der Waals surface area contributed by atoms with Crippen molar-refractivity contribution in [3.05, 3.63) is 71.8 Å². The number of hydrogen-bond acceptors (Lipinski definition) is 13. The molecule has 3 N–H and O–H groups in total. The molecule has 3 saturated heterocycles. The number of carbonyl (C=O) groups is 3. The summed E-state index contributed by atoms with van der Waals surface area (Å²) in [5.74, 6) is -3.41. The number of cyclic esters (lactones) is 1. The van der Waals surface area contributed by atoms with E-state index in [0.717, 1.165) is 11.1 Å². The van der Waals surface area contributed by atoms with Crippen LogP contribution in [0.25, 0.3) is 0 Å². The van der Waals surface area contributed by atoms with Crippen molar-refractivity contribution < 1.29 is 62.9 Å². The van der Waals surface area contributed by atoms with Crippen LogP contribution in [-0.2, 0) is 51.2 Å². The molecule has 0 spiro atoms. The lowest BCUT2D eigenvalue weighted by Gasteiger charge is -2.47. The van der Waals surface area contributed by atoms with Gasteiger partial charge in [-0.1, -0.05) is 88.4 Å². The number of aliphatic hydroxyl groups excluding tert-OH is 2. The second-order valence-electron chi connectivity index (χ2n) is 17.0. The van der Waals surface area contributed by atoms with Crippen LogP contribution in [-0.4, -0.2) is 112 Å². The lowest BCUT2D eigenvalue weighted by Crippen LogP contribution is -2.61. The first-order valence-corrected chi connectivity index (χ1v) is 20.5. The lowest BCUT2D eigenvalue weighted by molar-refractivity contribution is -0.301. The summed E-state index contributed by atoms with van der Waals surface area (Å²) in [6, 6.07) is 17.5. The van der Waals surface area contributed by atoms with Gasteiger partial charge in [0, 0.05) is 18.9 Å². The van der Waals surface area contributed by atoms with Gasteiger partial charge in [-0.25, -0.2) is 9.59 Å². The molecule has 0 saturated carbocycles. The van der Waals surface area contributed by atoms with Crippen molar-refractivity contribution in [1.29, 1.82) is 0 Å². The van der Waals surface area contributed by atoms with E-state index < -0.39 is 102 Å². The van der Waals surface area contributed by atoms with Crippen LogP contribution < -0.4 is 0 Å². The highest BCUT2D eigenvalue weighted by molar-refractivity contribution is 5.73. The maximum absolute atomic E-state index is 13.8. The Morgan fingerprint density at radius 1 is 0.966 bits per heavy atom. The van der Waals surface area contributed by atoms with Gasteiger partial charge in [0.2, 0.25) is 0 Å². The molecule has 0 radical (unpaired) electrons. The fourth-order valence-electron chi connectivity index (χ4n) is 9.01. The number of likely N-dealkylation sites (N-methyl/N-ethyl adjacent to an activating group) is 1. The number of aliphatic hydroxyl groups is 3. The number of hydrogen-bond donors (Lipinski definition) is 3. The molecule has 5 rings (SSSR count). The molecule has 58 heavy (non-hydrogen) atoms. The SMILES string of the molecule is CC[C@@H](O)[C@@](C)(O)[C@@H]1OC(=O)[C@H](C)[C@H](O)[C@H](C)[C@@H](OC2OC(C)CC(N(C)C(=O)OCc3ccccc3)C2OC(=O)OCc2ccccc2)C2(C)CC(C)C(O2)[C@@H]1C. The summed E-state index contributed by atoms with van der Waals surface area (Å²) in [6.45, 7) is 13.9. The third-order valence-corrected chi connectivity index (χ3v) is 12.4. The van der Waals surface area contributed by atoms with Crippen molar-refractivity contribution in [3.63, 3.8) is 0 Å². The van der Waals surface area contributed by atoms with Crippen LogP contribution >= 0.6 is 0 Å². The molecule has 0 aliphatic carbocycles. The van der Waals surface area contributed by atoms with E-state index in [4.69, 9.17) is 33.2 Å². The molecule has 3 aliphatic rings. The Morgan fingerprint density at radius 3 is 2.14 bits per heavy atom. The van der Waals surface area contributed by atoms with Crippen molar-refractivity contribution in [2.45, 2.75) is 154 Å². The lowest BCUT2D eigenvalue weighted by atomic mass is 9.76. The summed E-state index contributed by atoms with van der Waals surface area (Å²) < 4.78 is 43.5. The summed E-state index contributed by atoms with van der Waals surface area (Å²) in [6.07, 6.45) is -9.13. The van der Waals surface area contributed by atoms with Crippen LogP contribution in [0.3, 0.4) is 0 Å². The Labute approximate surface area is 342 Å². The normalized spacial score (nSPS) is 35.7. The van der Waals surface area contributed by atoms with Crippen molar-refractivity contribution >= 4 is 18.2 Å². The van der Waals surface area contributed by atoms with Gasteiger partial charge in [-0.3, -0.25) is 4.79 Å². The first kappa shape index (κ1) is 45.3. The topological polar surface area (TPSA) is 180 Å². The largest absolute Gasteiger partial charge is 0.509 e. The standard InChI is InChI=1S/C44H63NO13/c1-10-33(46)44(8,51)38-29(6)35-25(2)22-43(7,58-35)37(27(4)34(47)28(5)39(48)56-38)57-40-36(55-42(50)53-24-31-19-15-12-16-20-31)32(21-26(3)54-40)45(9)41(49)52-23-30-17-13-11-14-18-30/h11-20,25-29,32-38,40,46-47,51H,10,21-24H2,1-9H3/t25?,26?,27-,28+,29-,32?,33+,34+,35?,36?,37+,38+,40?,43?,44+/m0/s1. The van der Waals surface area contributed by atoms with Crippen molar-refractivity contribution in [2.75, 3.05) is 7.05 Å². The molecule has 3 fully saturated rings. The van der Waals surface area contributed by atoms with Crippen LogP contribution in [0.4, 0.5) is 9.59 Å². The van der Waals surface area contributed by atoms with Gasteiger partial charge in [0.25, 0.3) is 0 Å². The van der Waals surface area contributed by atoms with E-state index >= 15 is 0 Å². The van der Waals surface area contributed by atoms with Gasteiger partial charge in [-0.2, -0.15) is 0 Å². The summed E-state index contributed by atoms with van der Waals surface area (Å²) in [5.41, 5.74) is -1.42. The highest BCUT2D eigenvalue weighted by atomic mass is 16.8. The Morgan fingerprint density at radius 2 is 1.55 bits per heavy atom. The Bertz CT molecular complexity index is 1660. The molecule has 7 unspecified atom stereocenters. The van der Waals surface area contributed by atoms with E-state index in [0.29, 0.717) is 6.42 Å². The molecule has 2 aromatic carbocycles. The molecule has 322 valence electrons. The van der Waals surface area contributed by atoms with Gasteiger partial charge in [0.05, 0.1) is 48.1 Å². The minimum absolute atomic E-state index is 0.0205. The van der Waals surface area contributed by atoms with Crippen LogP contribution in [0.5, 0.6) is 0 Å². The summed E-state index contributed by atoms with van der Waals surface area (Å²) in [5, 5.41) is 34.4. The number of benzene rings is 2. The average Bonchev–Trinajstić information content (AvgIpc) is 3.53. The first-order chi connectivity index (χ1) is 27.4. The predicted molar refractivity (Wildman–Crippen MR) is 211 cm³/mol. The average molecular weight is 814 g/mol. The highest BCUT2D eigenvalue weighted by Crippen LogP contribution is 2.48. The van der Waals surface area contributed by atoms with Crippen LogP contribution in [0.1, 0.15) is 85.8 Å². The third kappa shape index (κ3) is 10.1. The Hall–Kier alpha value is -3.79. The second kappa shape index (κ2) is 19.1. The fraction of sp³-hybridized carbons (Fsp3) is 0.659. The molecule has 3 heterocycles. The molecule has 3 aliphatic heterocycles. The molecule has 15 atom stereocenters. The van der Waals surface area contributed by atoms with E-state index in [1.165, 1.54) is 18.7 Å². The Balaban J connectivity index is 1.49. The van der Waals surface area contributed by atoms with Gasteiger partial charge in [0.1, 0.15) is 24.9 Å². The number of nitrogens with zero attached hydrogens (tertiary/aromatic N) is 1. The zero-order valence-corrected chi connectivity index (χ0v) is 35.2. The van der Waals surface area contributed by atoms with Crippen LogP contribution in [0.15, 0.2) is 60.7 Å². The van der Waals surface area contributed by atoms with Gasteiger partial charge in [-0.05, 0) is 64.0 Å². The molecule has 14 heteroatoms. The number of esters is 1. The van der Waals surface area contributed by atoms with Gasteiger partial charge in [0.15, 0.2) is 12.4 Å². The fourth-order valence-corrected chi connectivity index (χ4v) is 9.01.